The van der Waals surface area contributed by atoms with Crippen LogP contribution in [0, 0.1) is 5.41 Å². The number of halogens is 1. The Morgan fingerprint density at radius 1 is 1.31 bits per heavy atom. The molecule has 0 spiro atoms. The number of rotatable bonds is 10. The zero-order chi connectivity index (χ0) is 28.6. The Morgan fingerprint density at radius 3 is 2.51 bits per heavy atom. The van der Waals surface area contributed by atoms with Gasteiger partial charge >= 0.3 is 0 Å². The van der Waals surface area contributed by atoms with Crippen LogP contribution in [0.3, 0.4) is 0 Å². The van der Waals surface area contributed by atoms with Gasteiger partial charge in [-0.25, -0.2) is 13.5 Å². The Hall–Kier alpha value is -3.40. The van der Waals surface area contributed by atoms with E-state index in [1.807, 2.05) is 32.1 Å². The normalized spacial score (nSPS) is 16.9. The summed E-state index contributed by atoms with van der Waals surface area (Å²) in [6.07, 6.45) is 6.67. The van der Waals surface area contributed by atoms with Gasteiger partial charge in [0.15, 0.2) is 0 Å². The molecule has 4 rings (SSSR count). The summed E-state index contributed by atoms with van der Waals surface area (Å²) in [5.74, 6) is 0.509. The van der Waals surface area contributed by atoms with Crippen molar-refractivity contribution in [2.24, 2.45) is 5.41 Å². The number of hydrogen-bond acceptors (Lipinski definition) is 6. The zero-order valence-corrected chi connectivity index (χ0v) is 24.3. The minimum atomic E-state index is -3.60. The van der Waals surface area contributed by atoms with E-state index in [9.17, 15) is 8.42 Å². The molecule has 1 aliphatic heterocycles. The topological polar surface area (TPSA) is 117 Å². The molecule has 1 unspecified atom stereocenters. The first-order valence-corrected chi connectivity index (χ1v) is 14.4. The number of aromatic nitrogens is 3. The van der Waals surface area contributed by atoms with E-state index in [1.54, 1.807) is 30.3 Å². The summed E-state index contributed by atoms with van der Waals surface area (Å²) in [6.45, 7) is 17.1. The number of hydrogen-bond donors (Lipinski definition) is 3. The average Bonchev–Trinajstić information content (AvgIpc) is 3.26. The number of nitrogens with one attached hydrogen (secondary N) is 2. The molecular formula is C29H35ClN6O2S. The molecule has 2 aromatic carbocycles. The predicted molar refractivity (Wildman–Crippen MR) is 160 cm³/mol. The Morgan fingerprint density at radius 2 is 1.97 bits per heavy atom. The highest BCUT2D eigenvalue weighted by molar-refractivity contribution is 7.89. The second-order valence-corrected chi connectivity index (χ2v) is 13.0. The molecule has 39 heavy (non-hydrogen) atoms. The molecule has 0 saturated carbocycles. The second kappa shape index (κ2) is 10.6. The lowest BCUT2D eigenvalue weighted by molar-refractivity contribution is 0.0936. The molecule has 1 aliphatic rings. The fourth-order valence-electron chi connectivity index (χ4n) is 5.03. The first kappa shape index (κ1) is 28.6. The highest BCUT2D eigenvalue weighted by atomic mass is 35.5. The summed E-state index contributed by atoms with van der Waals surface area (Å²) in [4.78, 5) is 4.37. The van der Waals surface area contributed by atoms with E-state index in [0.717, 1.165) is 28.7 Å². The van der Waals surface area contributed by atoms with Crippen LogP contribution in [0.2, 0.25) is 5.02 Å². The molecule has 8 nitrogen and oxygen atoms in total. The minimum Gasteiger partial charge on any atom is -0.368 e. The molecule has 4 N–H and O–H groups in total. The quantitative estimate of drug-likeness (QED) is 0.243. The standard InChI is InChI=1S/C29H35ClN6O2S/c1-7-13-28(5)17-36(18-28)39(37,38)22-11-9-20(10-12-22)25-23(29(6,14-8-2)19(3)4)15-21(16-24(25)30)32-27-33-26(31)34-35-27/h7-12,14-16H,1,3,13,17-18H2,2,4-6H3,(H4,31,32,33,34,35). The van der Waals surface area contributed by atoms with E-state index in [1.165, 1.54) is 4.31 Å². The third-order valence-electron chi connectivity index (χ3n) is 7.33. The summed E-state index contributed by atoms with van der Waals surface area (Å²) in [7, 11) is -3.60. The van der Waals surface area contributed by atoms with Crippen molar-refractivity contribution in [1.29, 1.82) is 0 Å². The summed E-state index contributed by atoms with van der Waals surface area (Å²) >= 11 is 6.92. The van der Waals surface area contributed by atoms with E-state index in [0.29, 0.717) is 29.7 Å². The zero-order valence-electron chi connectivity index (χ0n) is 22.8. The Balaban J connectivity index is 1.76. The van der Waals surface area contributed by atoms with Gasteiger partial charge < -0.3 is 11.1 Å². The number of nitrogens with zero attached hydrogens (tertiary/aromatic N) is 3. The van der Waals surface area contributed by atoms with Gasteiger partial charge in [0.05, 0.1) is 9.92 Å². The Labute approximate surface area is 235 Å². The lowest BCUT2D eigenvalue weighted by Gasteiger charge is -2.46. The number of nitrogens with two attached hydrogens (primary N) is 1. The molecule has 0 amide bonds. The lowest BCUT2D eigenvalue weighted by Crippen LogP contribution is -2.56. The third kappa shape index (κ3) is 5.52. The molecule has 3 aromatic rings. The molecule has 1 aromatic heterocycles. The number of benzene rings is 2. The van der Waals surface area contributed by atoms with Gasteiger partial charge in [0.25, 0.3) is 0 Å². The van der Waals surface area contributed by atoms with Crippen molar-refractivity contribution in [3.63, 3.8) is 0 Å². The highest BCUT2D eigenvalue weighted by Crippen LogP contribution is 2.45. The summed E-state index contributed by atoms with van der Waals surface area (Å²) in [6, 6.07) is 10.7. The van der Waals surface area contributed by atoms with Crippen LogP contribution in [0.25, 0.3) is 11.1 Å². The van der Waals surface area contributed by atoms with Crippen LogP contribution in [-0.2, 0) is 15.4 Å². The predicted octanol–water partition coefficient (Wildman–Crippen LogP) is 6.45. The molecule has 1 atom stereocenters. The number of nitrogen functional groups attached to an aromatic ring is 1. The van der Waals surface area contributed by atoms with Crippen molar-refractivity contribution < 1.29 is 8.42 Å². The SMILES string of the molecule is C=CCC1(C)CN(S(=O)(=O)c2ccc(-c3c(Cl)cc(Nc4n[nH]c(N)n4)cc3C(C)(C=CC)C(=C)C)cc2)C1. The smallest absolute Gasteiger partial charge is 0.248 e. The fourth-order valence-corrected chi connectivity index (χ4v) is 7.10. The van der Waals surface area contributed by atoms with Crippen LogP contribution in [-0.4, -0.2) is 41.0 Å². The summed E-state index contributed by atoms with van der Waals surface area (Å²) in [5, 5.41) is 10.3. The van der Waals surface area contributed by atoms with Crippen LogP contribution in [0.1, 0.15) is 39.7 Å². The molecule has 0 radical (unpaired) electrons. The van der Waals surface area contributed by atoms with Gasteiger partial charge in [0.2, 0.25) is 21.9 Å². The van der Waals surface area contributed by atoms with E-state index in [-0.39, 0.29) is 16.3 Å². The Kier molecular flexibility index (Phi) is 7.80. The second-order valence-electron chi connectivity index (χ2n) is 10.6. The fraction of sp³-hybridized carbons (Fsp3) is 0.310. The summed E-state index contributed by atoms with van der Waals surface area (Å²) in [5.41, 5.74) is 9.10. The van der Waals surface area contributed by atoms with E-state index in [2.05, 4.69) is 53.6 Å². The van der Waals surface area contributed by atoms with Crippen LogP contribution in [0.15, 0.2) is 78.3 Å². The highest BCUT2D eigenvalue weighted by Gasteiger charge is 2.44. The van der Waals surface area contributed by atoms with Crippen LogP contribution >= 0.6 is 11.6 Å². The average molecular weight is 567 g/mol. The maximum Gasteiger partial charge on any atom is 0.248 e. The maximum atomic E-state index is 13.3. The van der Waals surface area contributed by atoms with Crippen LogP contribution < -0.4 is 11.1 Å². The Bertz CT molecular complexity index is 1540. The van der Waals surface area contributed by atoms with Crippen molar-refractivity contribution in [1.82, 2.24) is 19.5 Å². The molecule has 2 heterocycles. The monoisotopic (exact) mass is 566 g/mol. The molecule has 0 aliphatic carbocycles. The first-order valence-electron chi connectivity index (χ1n) is 12.6. The number of anilines is 3. The van der Waals surface area contributed by atoms with Gasteiger partial charge in [-0.3, -0.25) is 0 Å². The van der Waals surface area contributed by atoms with Gasteiger partial charge in [-0.2, -0.15) is 9.29 Å². The van der Waals surface area contributed by atoms with E-state index in [4.69, 9.17) is 17.3 Å². The lowest BCUT2D eigenvalue weighted by atomic mass is 9.73. The van der Waals surface area contributed by atoms with Gasteiger partial charge in [0.1, 0.15) is 0 Å². The number of allylic oxidation sites excluding steroid dienone is 4. The number of H-pyrrole nitrogens is 1. The maximum absolute atomic E-state index is 13.3. The van der Waals surface area contributed by atoms with Gasteiger partial charge in [-0.1, -0.05) is 61.0 Å². The molecule has 1 fully saturated rings. The van der Waals surface area contributed by atoms with Crippen LogP contribution in [0.4, 0.5) is 17.6 Å². The van der Waals surface area contributed by atoms with Crippen molar-refractivity contribution in [3.8, 4) is 11.1 Å². The molecule has 206 valence electrons. The van der Waals surface area contributed by atoms with Crippen molar-refractivity contribution in [3.05, 3.63) is 83.9 Å². The number of sulfonamides is 1. The van der Waals surface area contributed by atoms with Gasteiger partial charge in [-0.15, -0.1) is 11.7 Å². The minimum absolute atomic E-state index is 0.0655. The summed E-state index contributed by atoms with van der Waals surface area (Å²) < 4.78 is 28.0. The van der Waals surface area contributed by atoms with Crippen molar-refractivity contribution in [2.75, 3.05) is 24.1 Å². The largest absolute Gasteiger partial charge is 0.368 e. The molecule has 1 saturated heterocycles. The van der Waals surface area contributed by atoms with Crippen molar-refractivity contribution in [2.45, 2.75) is 44.4 Å². The van der Waals surface area contributed by atoms with Crippen molar-refractivity contribution >= 4 is 39.2 Å². The molecular weight excluding hydrogens is 532 g/mol. The van der Waals surface area contributed by atoms with Gasteiger partial charge in [0, 0.05) is 29.8 Å². The first-order chi connectivity index (χ1) is 18.3. The van der Waals surface area contributed by atoms with Crippen LogP contribution in [0.5, 0.6) is 0 Å². The molecule has 10 heteroatoms. The molecule has 0 bridgehead atoms. The number of aromatic amines is 1. The third-order valence-corrected chi connectivity index (χ3v) is 9.43. The van der Waals surface area contributed by atoms with E-state index < -0.39 is 15.4 Å². The van der Waals surface area contributed by atoms with Gasteiger partial charge in [-0.05, 0) is 68.0 Å². The van der Waals surface area contributed by atoms with E-state index >= 15 is 0 Å².